The van der Waals surface area contributed by atoms with Crippen molar-refractivity contribution in [1.29, 1.82) is 0 Å². The van der Waals surface area contributed by atoms with Crippen molar-refractivity contribution in [2.24, 2.45) is 5.92 Å². The second-order valence-corrected chi connectivity index (χ2v) is 3.63. The molecular formula is C9H14N2O4. The predicted molar refractivity (Wildman–Crippen MR) is 51.0 cm³/mol. The lowest BCUT2D eigenvalue weighted by Gasteiger charge is -2.25. The first-order valence-corrected chi connectivity index (χ1v) is 4.74. The Kier molecular flexibility index (Phi) is 3.65. The summed E-state index contributed by atoms with van der Waals surface area (Å²) < 4.78 is 0. The fourth-order valence-corrected chi connectivity index (χ4v) is 1.59. The fourth-order valence-electron chi connectivity index (χ4n) is 1.59. The van der Waals surface area contributed by atoms with Crippen molar-refractivity contribution in [2.45, 2.75) is 12.8 Å². The second kappa shape index (κ2) is 4.77. The van der Waals surface area contributed by atoms with Gasteiger partial charge in [0.25, 0.3) is 0 Å². The van der Waals surface area contributed by atoms with Crippen molar-refractivity contribution in [3.8, 4) is 0 Å². The highest BCUT2D eigenvalue weighted by Gasteiger charge is 2.28. The maximum atomic E-state index is 11.7. The number of nitrogens with zero attached hydrogens (tertiary/aromatic N) is 1. The molecular weight excluding hydrogens is 200 g/mol. The highest BCUT2D eigenvalue weighted by molar-refractivity contribution is 5.88. The number of piperidine rings is 1. The summed E-state index contributed by atoms with van der Waals surface area (Å²) in [5, 5.41) is 11.1. The van der Waals surface area contributed by atoms with Crippen molar-refractivity contribution in [3.05, 3.63) is 0 Å². The highest BCUT2D eigenvalue weighted by atomic mass is 16.4. The minimum atomic E-state index is -1.05. The van der Waals surface area contributed by atoms with E-state index >= 15 is 0 Å². The van der Waals surface area contributed by atoms with E-state index in [1.54, 1.807) is 0 Å². The van der Waals surface area contributed by atoms with Gasteiger partial charge in [-0.15, -0.1) is 0 Å². The molecule has 1 saturated heterocycles. The Morgan fingerprint density at radius 2 is 2.27 bits per heavy atom. The van der Waals surface area contributed by atoms with Crippen LogP contribution in [0.25, 0.3) is 0 Å². The van der Waals surface area contributed by atoms with Gasteiger partial charge < -0.3 is 15.3 Å². The molecule has 0 bridgehead atoms. The van der Waals surface area contributed by atoms with Crippen molar-refractivity contribution in [2.75, 3.05) is 20.1 Å². The quantitative estimate of drug-likeness (QED) is 0.634. The van der Waals surface area contributed by atoms with Crippen LogP contribution in [0.3, 0.4) is 0 Å². The van der Waals surface area contributed by atoms with Gasteiger partial charge in [-0.05, 0) is 6.42 Å². The number of carboxylic acid groups (broad SMARTS) is 1. The molecule has 6 nitrogen and oxygen atoms in total. The van der Waals surface area contributed by atoms with Gasteiger partial charge in [-0.25, -0.2) is 0 Å². The van der Waals surface area contributed by atoms with E-state index in [4.69, 9.17) is 5.11 Å². The van der Waals surface area contributed by atoms with Crippen LogP contribution in [-0.4, -0.2) is 47.9 Å². The molecule has 1 rings (SSSR count). The van der Waals surface area contributed by atoms with Gasteiger partial charge in [-0.2, -0.15) is 0 Å². The van der Waals surface area contributed by atoms with Crippen LogP contribution in [-0.2, 0) is 14.4 Å². The van der Waals surface area contributed by atoms with Gasteiger partial charge in [-0.3, -0.25) is 14.4 Å². The minimum Gasteiger partial charge on any atom is -0.480 e. The van der Waals surface area contributed by atoms with E-state index in [2.05, 4.69) is 5.32 Å². The molecule has 0 spiro atoms. The molecule has 1 aliphatic heterocycles. The number of aliphatic carboxylic acids is 1. The number of carbonyl (C=O) groups is 3. The Labute approximate surface area is 87.2 Å². The second-order valence-electron chi connectivity index (χ2n) is 3.63. The Hall–Kier alpha value is -1.59. The third-order valence-corrected chi connectivity index (χ3v) is 2.34. The largest absolute Gasteiger partial charge is 0.480 e. The van der Waals surface area contributed by atoms with Crippen LogP contribution in [0.4, 0.5) is 0 Å². The van der Waals surface area contributed by atoms with E-state index in [1.165, 1.54) is 7.05 Å². The Morgan fingerprint density at radius 1 is 1.60 bits per heavy atom. The number of amides is 2. The monoisotopic (exact) mass is 214 g/mol. The molecule has 84 valence electrons. The Bertz CT molecular complexity index is 290. The van der Waals surface area contributed by atoms with Gasteiger partial charge in [0.05, 0.1) is 0 Å². The van der Waals surface area contributed by atoms with E-state index in [0.29, 0.717) is 13.0 Å². The lowest BCUT2D eigenvalue weighted by Crippen LogP contribution is -2.43. The van der Waals surface area contributed by atoms with Crippen molar-refractivity contribution < 1.29 is 19.5 Å². The number of hydrogen-bond acceptors (Lipinski definition) is 3. The predicted octanol–water partition coefficient (Wildman–Crippen LogP) is -0.944. The molecule has 6 heteroatoms. The Balaban J connectivity index is 2.51. The molecule has 0 saturated carbocycles. The molecule has 2 amide bonds. The van der Waals surface area contributed by atoms with Crippen LogP contribution >= 0.6 is 0 Å². The van der Waals surface area contributed by atoms with Gasteiger partial charge in [-0.1, -0.05) is 0 Å². The summed E-state index contributed by atoms with van der Waals surface area (Å²) in [6.07, 6.45) is 0.733. The van der Waals surface area contributed by atoms with Crippen LogP contribution in [0.15, 0.2) is 0 Å². The maximum Gasteiger partial charge on any atom is 0.323 e. The van der Waals surface area contributed by atoms with Crippen LogP contribution in [0.1, 0.15) is 12.8 Å². The maximum absolute atomic E-state index is 11.7. The minimum absolute atomic E-state index is 0.150. The van der Waals surface area contributed by atoms with Crippen LogP contribution in [0.2, 0.25) is 0 Å². The molecule has 1 atom stereocenters. The SMILES string of the molecule is CN(CC(=O)O)C(=O)C1CCNC(=O)C1. The zero-order valence-corrected chi connectivity index (χ0v) is 8.52. The normalized spacial score (nSPS) is 20.6. The molecule has 0 aromatic heterocycles. The first kappa shape index (κ1) is 11.5. The van der Waals surface area contributed by atoms with Crippen molar-refractivity contribution in [3.63, 3.8) is 0 Å². The summed E-state index contributed by atoms with van der Waals surface area (Å²) in [7, 11) is 1.43. The van der Waals surface area contributed by atoms with Gasteiger partial charge in [0.2, 0.25) is 11.8 Å². The van der Waals surface area contributed by atoms with E-state index in [9.17, 15) is 14.4 Å². The first-order chi connectivity index (χ1) is 7.00. The van der Waals surface area contributed by atoms with Crippen molar-refractivity contribution in [1.82, 2.24) is 10.2 Å². The van der Waals surface area contributed by atoms with Gasteiger partial charge in [0, 0.05) is 25.9 Å². The van der Waals surface area contributed by atoms with E-state index in [0.717, 1.165) is 4.90 Å². The van der Waals surface area contributed by atoms with E-state index < -0.39 is 5.97 Å². The summed E-state index contributed by atoms with van der Waals surface area (Å²) in [5.41, 5.74) is 0. The highest BCUT2D eigenvalue weighted by Crippen LogP contribution is 2.14. The molecule has 0 aromatic carbocycles. The zero-order valence-electron chi connectivity index (χ0n) is 8.52. The van der Waals surface area contributed by atoms with Gasteiger partial charge in [0.1, 0.15) is 6.54 Å². The number of nitrogens with one attached hydrogen (secondary N) is 1. The van der Waals surface area contributed by atoms with Crippen LogP contribution in [0, 0.1) is 5.92 Å². The lowest BCUT2D eigenvalue weighted by molar-refractivity contribution is -0.146. The van der Waals surface area contributed by atoms with Gasteiger partial charge in [0.15, 0.2) is 0 Å². The number of hydrogen-bond donors (Lipinski definition) is 2. The Morgan fingerprint density at radius 3 is 2.80 bits per heavy atom. The molecule has 0 aliphatic carbocycles. The summed E-state index contributed by atoms with van der Waals surface area (Å²) in [4.78, 5) is 34.2. The third kappa shape index (κ3) is 3.23. The summed E-state index contributed by atoms with van der Waals surface area (Å²) in [5.74, 6) is -1.84. The molecule has 1 unspecified atom stereocenters. The summed E-state index contributed by atoms with van der Waals surface area (Å²) in [6.45, 7) is 0.160. The zero-order chi connectivity index (χ0) is 11.4. The van der Waals surface area contributed by atoms with Gasteiger partial charge >= 0.3 is 5.97 Å². The molecule has 1 aliphatic rings. The topological polar surface area (TPSA) is 86.7 Å². The number of carboxylic acids is 1. The molecule has 2 N–H and O–H groups in total. The number of carbonyl (C=O) groups excluding carboxylic acids is 2. The smallest absolute Gasteiger partial charge is 0.323 e. The van der Waals surface area contributed by atoms with Crippen LogP contribution in [0.5, 0.6) is 0 Å². The van der Waals surface area contributed by atoms with E-state index in [1.807, 2.05) is 0 Å². The standard InChI is InChI=1S/C9H14N2O4/c1-11(5-8(13)14)9(15)6-2-3-10-7(12)4-6/h6H,2-5H2,1H3,(H,10,12)(H,13,14). The summed E-state index contributed by atoms with van der Waals surface area (Å²) in [6, 6.07) is 0. The van der Waals surface area contributed by atoms with Crippen molar-refractivity contribution >= 4 is 17.8 Å². The number of rotatable bonds is 3. The third-order valence-electron chi connectivity index (χ3n) is 2.34. The first-order valence-electron chi connectivity index (χ1n) is 4.74. The van der Waals surface area contributed by atoms with E-state index in [-0.39, 0.29) is 30.7 Å². The molecule has 0 aromatic rings. The average Bonchev–Trinajstić information content (AvgIpc) is 2.15. The molecule has 15 heavy (non-hydrogen) atoms. The van der Waals surface area contributed by atoms with Crippen LogP contribution < -0.4 is 5.32 Å². The average molecular weight is 214 g/mol. The molecule has 1 fully saturated rings. The lowest BCUT2D eigenvalue weighted by atomic mass is 9.96. The summed E-state index contributed by atoms with van der Waals surface area (Å²) >= 11 is 0. The number of likely N-dealkylation sites (N-methyl/N-ethyl adjacent to an activating group) is 1. The fraction of sp³-hybridized carbons (Fsp3) is 0.667. The molecule has 1 heterocycles. The molecule has 0 radical (unpaired) electrons.